The Bertz CT molecular complexity index is 256. The fraction of sp³-hybridized carbons (Fsp3) is 0.364. The minimum absolute atomic E-state index is 0.596. The summed E-state index contributed by atoms with van der Waals surface area (Å²) in [5, 5.41) is 0. The second-order valence-electron chi connectivity index (χ2n) is 3.13. The van der Waals surface area contributed by atoms with Crippen LogP contribution in [0.4, 0.5) is 0 Å². The van der Waals surface area contributed by atoms with Crippen molar-refractivity contribution in [3.05, 3.63) is 41.2 Å². The average molecular weight is 146 g/mol. The standard InChI is InChI=1S/C11H14/c1-9(2)11-8-6-4-5-7-10(11)3/h4-5,7-9H,1-3H3. The Hall–Kier alpha value is -1.00. The highest BCUT2D eigenvalue weighted by atomic mass is 14.1. The van der Waals surface area contributed by atoms with Gasteiger partial charge in [0.1, 0.15) is 0 Å². The highest BCUT2D eigenvalue weighted by Gasteiger charge is 2.02. The van der Waals surface area contributed by atoms with Gasteiger partial charge in [-0.2, -0.15) is 0 Å². The molecule has 1 aliphatic rings. The lowest BCUT2D eigenvalue weighted by molar-refractivity contribution is 0.784. The summed E-state index contributed by atoms with van der Waals surface area (Å²) in [6, 6.07) is 0. The second-order valence-corrected chi connectivity index (χ2v) is 3.13. The molecule has 0 fully saturated rings. The Labute approximate surface area is 68.6 Å². The van der Waals surface area contributed by atoms with E-state index in [4.69, 9.17) is 0 Å². The highest BCUT2D eigenvalue weighted by molar-refractivity contribution is 5.36. The van der Waals surface area contributed by atoms with Gasteiger partial charge in [-0.05, 0) is 36.1 Å². The molecule has 0 amide bonds. The molecule has 0 bridgehead atoms. The maximum Gasteiger partial charge on any atom is -0.0162 e. The van der Waals surface area contributed by atoms with Gasteiger partial charge >= 0.3 is 0 Å². The van der Waals surface area contributed by atoms with Crippen LogP contribution in [0.15, 0.2) is 41.2 Å². The second kappa shape index (κ2) is 3.41. The first-order chi connectivity index (χ1) is 5.22. The monoisotopic (exact) mass is 146 g/mol. The van der Waals surface area contributed by atoms with Gasteiger partial charge in [-0.15, -0.1) is 5.73 Å². The van der Waals surface area contributed by atoms with Crippen molar-refractivity contribution in [2.75, 3.05) is 0 Å². The van der Waals surface area contributed by atoms with E-state index in [2.05, 4.69) is 38.7 Å². The molecule has 0 saturated carbocycles. The zero-order valence-electron chi connectivity index (χ0n) is 7.39. The first-order valence-corrected chi connectivity index (χ1v) is 4.01. The molecule has 0 N–H and O–H groups in total. The Morgan fingerprint density at radius 2 is 2.09 bits per heavy atom. The Morgan fingerprint density at radius 1 is 1.36 bits per heavy atom. The topological polar surface area (TPSA) is 0 Å². The first kappa shape index (κ1) is 8.10. The Morgan fingerprint density at radius 3 is 2.73 bits per heavy atom. The third kappa shape index (κ3) is 1.96. The fourth-order valence-corrected chi connectivity index (χ4v) is 1.22. The number of rotatable bonds is 1. The maximum absolute atomic E-state index is 3.11. The molecule has 0 unspecified atom stereocenters. The molecule has 0 aromatic rings. The quantitative estimate of drug-likeness (QED) is 0.498. The van der Waals surface area contributed by atoms with Crippen molar-refractivity contribution >= 4 is 0 Å². The lowest BCUT2D eigenvalue weighted by atomic mass is 9.98. The molecule has 11 heavy (non-hydrogen) atoms. The van der Waals surface area contributed by atoms with Crippen molar-refractivity contribution < 1.29 is 0 Å². The lowest BCUT2D eigenvalue weighted by Gasteiger charge is -2.07. The summed E-state index contributed by atoms with van der Waals surface area (Å²) in [6.45, 7) is 6.55. The van der Waals surface area contributed by atoms with E-state index in [9.17, 15) is 0 Å². The molecular formula is C11H14. The van der Waals surface area contributed by atoms with Crippen LogP contribution in [0.3, 0.4) is 0 Å². The van der Waals surface area contributed by atoms with Crippen LogP contribution >= 0.6 is 0 Å². The predicted molar refractivity (Wildman–Crippen MR) is 49.3 cm³/mol. The van der Waals surface area contributed by atoms with E-state index in [1.807, 2.05) is 12.2 Å². The van der Waals surface area contributed by atoms with Crippen LogP contribution in [0.1, 0.15) is 20.8 Å². The van der Waals surface area contributed by atoms with Crippen LogP contribution < -0.4 is 0 Å². The molecule has 1 rings (SSSR count). The van der Waals surface area contributed by atoms with Gasteiger partial charge in [0.25, 0.3) is 0 Å². The third-order valence-corrected chi connectivity index (χ3v) is 1.85. The molecular weight excluding hydrogens is 132 g/mol. The fourth-order valence-electron chi connectivity index (χ4n) is 1.22. The first-order valence-electron chi connectivity index (χ1n) is 4.01. The number of hydrogen-bond acceptors (Lipinski definition) is 0. The summed E-state index contributed by atoms with van der Waals surface area (Å²) in [5.74, 6) is 0.596. The van der Waals surface area contributed by atoms with E-state index in [1.165, 1.54) is 11.1 Å². The van der Waals surface area contributed by atoms with Gasteiger partial charge in [0.05, 0.1) is 0 Å². The van der Waals surface area contributed by atoms with Crippen LogP contribution in [0.5, 0.6) is 0 Å². The molecule has 0 aliphatic heterocycles. The summed E-state index contributed by atoms with van der Waals surface area (Å²) in [6.07, 6.45) is 8.17. The molecule has 0 spiro atoms. The molecule has 0 nitrogen and oxygen atoms in total. The zero-order valence-corrected chi connectivity index (χ0v) is 7.39. The molecule has 0 saturated heterocycles. The third-order valence-electron chi connectivity index (χ3n) is 1.85. The van der Waals surface area contributed by atoms with Crippen molar-refractivity contribution in [2.24, 2.45) is 5.92 Å². The zero-order chi connectivity index (χ0) is 8.27. The van der Waals surface area contributed by atoms with Crippen molar-refractivity contribution in [3.63, 3.8) is 0 Å². The molecule has 0 atom stereocenters. The van der Waals surface area contributed by atoms with Gasteiger partial charge in [-0.3, -0.25) is 0 Å². The Kier molecular flexibility index (Phi) is 2.51. The molecule has 0 aromatic heterocycles. The summed E-state index contributed by atoms with van der Waals surface area (Å²) in [7, 11) is 0. The maximum atomic E-state index is 3.11. The molecule has 58 valence electrons. The van der Waals surface area contributed by atoms with Crippen LogP contribution in [0.2, 0.25) is 0 Å². The van der Waals surface area contributed by atoms with Gasteiger partial charge in [0, 0.05) is 0 Å². The Balaban J connectivity index is 3.05. The smallest absolute Gasteiger partial charge is 0.0162 e. The van der Waals surface area contributed by atoms with E-state index in [-0.39, 0.29) is 0 Å². The van der Waals surface area contributed by atoms with Gasteiger partial charge in [-0.25, -0.2) is 0 Å². The van der Waals surface area contributed by atoms with Crippen LogP contribution in [0.25, 0.3) is 0 Å². The van der Waals surface area contributed by atoms with Gasteiger partial charge in [0.2, 0.25) is 0 Å². The van der Waals surface area contributed by atoms with Crippen molar-refractivity contribution in [1.29, 1.82) is 0 Å². The number of hydrogen-bond donors (Lipinski definition) is 0. The largest absolute Gasteiger partial charge is 0.121 e. The summed E-state index contributed by atoms with van der Waals surface area (Å²) >= 11 is 0. The van der Waals surface area contributed by atoms with Gasteiger partial charge < -0.3 is 0 Å². The van der Waals surface area contributed by atoms with E-state index in [0.29, 0.717) is 5.92 Å². The van der Waals surface area contributed by atoms with Gasteiger partial charge in [-0.1, -0.05) is 26.0 Å². The molecule has 0 radical (unpaired) electrons. The van der Waals surface area contributed by atoms with Crippen molar-refractivity contribution in [3.8, 4) is 0 Å². The van der Waals surface area contributed by atoms with Crippen LogP contribution in [-0.4, -0.2) is 0 Å². The number of allylic oxidation sites excluding steroid dienone is 5. The van der Waals surface area contributed by atoms with E-state index in [1.54, 1.807) is 0 Å². The molecule has 0 heterocycles. The van der Waals surface area contributed by atoms with Crippen molar-refractivity contribution in [1.82, 2.24) is 0 Å². The minimum atomic E-state index is 0.596. The van der Waals surface area contributed by atoms with E-state index in [0.717, 1.165) is 0 Å². The van der Waals surface area contributed by atoms with E-state index >= 15 is 0 Å². The normalized spacial score (nSPS) is 16.4. The average Bonchev–Trinajstić information content (AvgIpc) is 2.13. The molecule has 0 heteroatoms. The minimum Gasteiger partial charge on any atom is -0.121 e. The van der Waals surface area contributed by atoms with E-state index < -0.39 is 0 Å². The predicted octanol–water partition coefficient (Wildman–Crippen LogP) is 3.24. The summed E-state index contributed by atoms with van der Waals surface area (Å²) in [5.41, 5.74) is 5.85. The van der Waals surface area contributed by atoms with Crippen LogP contribution in [0, 0.1) is 5.92 Å². The summed E-state index contributed by atoms with van der Waals surface area (Å²) in [4.78, 5) is 0. The van der Waals surface area contributed by atoms with Crippen LogP contribution in [-0.2, 0) is 0 Å². The van der Waals surface area contributed by atoms with Gasteiger partial charge in [0.15, 0.2) is 0 Å². The van der Waals surface area contributed by atoms with Crippen molar-refractivity contribution in [2.45, 2.75) is 20.8 Å². The lowest BCUT2D eigenvalue weighted by Crippen LogP contribution is -1.92. The highest BCUT2D eigenvalue weighted by Crippen LogP contribution is 2.17. The molecule has 1 aliphatic carbocycles. The SMILES string of the molecule is CC1=C(C(C)C)C=C=CC=C1. The summed E-state index contributed by atoms with van der Waals surface area (Å²) < 4.78 is 0. The molecule has 0 aromatic carbocycles.